The Bertz CT molecular complexity index is 374. The van der Waals surface area contributed by atoms with E-state index in [0.717, 1.165) is 4.22 Å². The maximum absolute atomic E-state index is 2.79. The van der Waals surface area contributed by atoms with E-state index in [1.807, 2.05) is 0 Å². The van der Waals surface area contributed by atoms with Crippen molar-refractivity contribution in [3.63, 3.8) is 0 Å². The summed E-state index contributed by atoms with van der Waals surface area (Å²) < 4.78 is 5.59. The van der Waals surface area contributed by atoms with Gasteiger partial charge < -0.3 is 0 Å². The Labute approximate surface area is 221 Å². The maximum atomic E-state index is 2.79. The van der Waals surface area contributed by atoms with Gasteiger partial charge in [-0.25, -0.2) is 0 Å². The molecule has 3 nitrogen and oxygen atoms in total. The summed E-state index contributed by atoms with van der Waals surface area (Å²) in [7, 11) is 0. The molecule has 0 saturated carbocycles. The molecule has 0 aliphatic heterocycles. The Hall–Kier alpha value is 0.594. The molecule has 0 radical (unpaired) electrons. The Kier molecular flexibility index (Phi) is 23.2. The fourth-order valence-electron chi connectivity index (χ4n) is 5.42. The molecule has 0 aliphatic carbocycles. The predicted octanol–water partition coefficient (Wildman–Crippen LogP) is 8.76. The number of hydrogen-bond acceptors (Lipinski definition) is 3. The summed E-state index contributed by atoms with van der Waals surface area (Å²) in [6.07, 6.45) is 12.3. The molecule has 0 amide bonds. The van der Waals surface area contributed by atoms with Crippen LogP contribution in [0.3, 0.4) is 0 Å². The van der Waals surface area contributed by atoms with Gasteiger partial charge in [-0.05, 0) is 0 Å². The predicted molar refractivity (Wildman–Crippen MR) is 154 cm³/mol. The molecule has 0 aromatic carbocycles. The van der Waals surface area contributed by atoms with E-state index < -0.39 is 16.6 Å². The molecule has 0 unspecified atom stereocenters. The number of hydrogen-bond donors (Lipinski definition) is 0. The van der Waals surface area contributed by atoms with Gasteiger partial charge in [-0.15, -0.1) is 0 Å². The minimum absolute atomic E-state index is 0.929. The summed E-state index contributed by atoms with van der Waals surface area (Å²) >= 11 is -2.02. The zero-order valence-corrected chi connectivity index (χ0v) is 26.8. The van der Waals surface area contributed by atoms with Crippen molar-refractivity contribution < 1.29 is 16.6 Å². The van der Waals surface area contributed by atoms with Crippen molar-refractivity contribution in [2.24, 2.45) is 0 Å². The van der Waals surface area contributed by atoms with E-state index in [1.165, 1.54) is 117 Å². The van der Waals surface area contributed by atoms with Gasteiger partial charge in [0.25, 0.3) is 0 Å². The van der Waals surface area contributed by atoms with Crippen molar-refractivity contribution in [1.82, 2.24) is 14.7 Å². The van der Waals surface area contributed by atoms with Gasteiger partial charge in [0.1, 0.15) is 0 Å². The molecule has 34 heavy (non-hydrogen) atoms. The third-order valence-electron chi connectivity index (χ3n) is 8.58. The molecule has 0 atom stereocenters. The van der Waals surface area contributed by atoms with Crippen LogP contribution in [0.1, 0.15) is 113 Å². The van der Waals surface area contributed by atoms with Crippen molar-refractivity contribution in [3.8, 4) is 0 Å². The third-order valence-corrected chi connectivity index (χ3v) is 18.1. The normalized spacial score (nSPS) is 12.7. The number of unbranched alkanes of at least 4 members (excludes halogenated alkanes) is 6. The van der Waals surface area contributed by atoms with Crippen LogP contribution in [0.2, 0.25) is 18.4 Å². The van der Waals surface area contributed by atoms with Gasteiger partial charge in [0.2, 0.25) is 0 Å². The first-order valence-electron chi connectivity index (χ1n) is 15.6. The summed E-state index contributed by atoms with van der Waals surface area (Å²) in [5.74, 6) is 0. The van der Waals surface area contributed by atoms with Crippen molar-refractivity contribution in [1.29, 1.82) is 0 Å². The fraction of sp³-hybridized carbons (Fsp3) is 1.00. The second-order valence-electron chi connectivity index (χ2n) is 11.2. The third kappa shape index (κ3) is 15.7. The van der Waals surface area contributed by atoms with Gasteiger partial charge in [0.15, 0.2) is 0 Å². The van der Waals surface area contributed by atoms with Crippen LogP contribution in [0, 0.1) is 0 Å². The van der Waals surface area contributed by atoms with Crippen molar-refractivity contribution in [2.45, 2.75) is 132 Å². The molecule has 0 aromatic heterocycles. The molecule has 0 heterocycles. The van der Waals surface area contributed by atoms with Crippen LogP contribution in [0.25, 0.3) is 0 Å². The SMILES string of the molecule is CCCCCN(CC)C[CH2][Ti]([CH2]CN(CC)CCCCC)([CH2]CN(CC)CCCCC)[CH](C)C. The average molecular weight is 518 g/mol. The molecule has 0 aliphatic rings. The summed E-state index contributed by atoms with van der Waals surface area (Å²) in [5, 5.41) is 0. The molecule has 0 rings (SSSR count). The molecule has 0 spiro atoms. The van der Waals surface area contributed by atoms with E-state index in [4.69, 9.17) is 0 Å². The average Bonchev–Trinajstić information content (AvgIpc) is 2.84. The molecule has 4 heteroatoms. The van der Waals surface area contributed by atoms with Gasteiger partial charge in [-0.3, -0.25) is 0 Å². The Morgan fingerprint density at radius 3 is 0.941 bits per heavy atom. The monoisotopic (exact) mass is 517 g/mol. The van der Waals surface area contributed by atoms with Crippen LogP contribution in [0.15, 0.2) is 0 Å². The van der Waals surface area contributed by atoms with Gasteiger partial charge in [0, 0.05) is 0 Å². The van der Waals surface area contributed by atoms with Crippen LogP contribution < -0.4 is 0 Å². The second-order valence-corrected chi connectivity index (χ2v) is 19.6. The van der Waals surface area contributed by atoms with Crippen molar-refractivity contribution in [3.05, 3.63) is 0 Å². The van der Waals surface area contributed by atoms with Crippen molar-refractivity contribution in [2.75, 3.05) is 58.9 Å². The second kappa shape index (κ2) is 22.8. The van der Waals surface area contributed by atoms with Gasteiger partial charge >= 0.3 is 222 Å². The van der Waals surface area contributed by atoms with Gasteiger partial charge in [0.05, 0.1) is 0 Å². The zero-order valence-electron chi connectivity index (χ0n) is 25.3. The molecule has 206 valence electrons. The first kappa shape index (κ1) is 34.6. The van der Waals surface area contributed by atoms with E-state index in [1.54, 1.807) is 14.2 Å². The summed E-state index contributed by atoms with van der Waals surface area (Å²) in [6.45, 7) is 31.1. The molecule has 0 fully saturated rings. The van der Waals surface area contributed by atoms with Crippen molar-refractivity contribution >= 4 is 0 Å². The number of rotatable bonds is 25. The Balaban J connectivity index is 5.33. The van der Waals surface area contributed by atoms with Gasteiger partial charge in [-0.1, -0.05) is 0 Å². The molecular formula is C30H67N3Ti. The molecule has 0 saturated heterocycles. The summed E-state index contributed by atoms with van der Waals surface area (Å²) in [6, 6.07) is 0. The first-order chi connectivity index (χ1) is 16.4. The number of nitrogens with zero attached hydrogens (tertiary/aromatic N) is 3. The van der Waals surface area contributed by atoms with E-state index >= 15 is 0 Å². The summed E-state index contributed by atoms with van der Waals surface area (Å²) in [4.78, 5) is 8.36. The standard InChI is InChI=1S/3C9H20N.C3H7.Ti/c3*1-4-7-8-9-10(5-2)6-3;1-3-2;/h3*2,4-9H2,1,3H3;3H,1-2H3;. The fourth-order valence-corrected chi connectivity index (χ4v) is 12.9. The molecular weight excluding hydrogens is 450 g/mol. The van der Waals surface area contributed by atoms with Crippen LogP contribution >= 0.6 is 0 Å². The van der Waals surface area contributed by atoms with Crippen LogP contribution in [-0.4, -0.2) is 73.6 Å². The van der Waals surface area contributed by atoms with Crippen LogP contribution in [0.5, 0.6) is 0 Å². The molecule has 0 N–H and O–H groups in total. The van der Waals surface area contributed by atoms with E-state index in [0.29, 0.717) is 0 Å². The van der Waals surface area contributed by atoms with Crippen LogP contribution in [-0.2, 0) is 16.6 Å². The first-order valence-corrected chi connectivity index (χ1v) is 19.8. The summed E-state index contributed by atoms with van der Waals surface area (Å²) in [5.41, 5.74) is 0. The minimum atomic E-state index is -2.02. The molecule has 0 aromatic rings. The topological polar surface area (TPSA) is 9.72 Å². The van der Waals surface area contributed by atoms with E-state index in [9.17, 15) is 0 Å². The quantitative estimate of drug-likeness (QED) is 0.0885. The molecule has 0 bridgehead atoms. The van der Waals surface area contributed by atoms with Crippen LogP contribution in [0.4, 0.5) is 0 Å². The van der Waals surface area contributed by atoms with Gasteiger partial charge in [-0.2, -0.15) is 0 Å². The van der Waals surface area contributed by atoms with E-state index in [2.05, 4.69) is 70.1 Å². The Morgan fingerprint density at radius 2 is 0.735 bits per heavy atom. The zero-order chi connectivity index (χ0) is 25.7. The van der Waals surface area contributed by atoms with E-state index in [-0.39, 0.29) is 0 Å². The Morgan fingerprint density at radius 1 is 0.441 bits per heavy atom.